The molecule has 0 bridgehead atoms. The number of likely N-dealkylation sites (tertiary alicyclic amines) is 1. The molecule has 120 valence electrons. The number of nitrogens with zero attached hydrogens (tertiary/aromatic N) is 2. The Morgan fingerprint density at radius 1 is 1.19 bits per heavy atom. The second-order valence-corrected chi connectivity index (χ2v) is 6.63. The number of ether oxygens (including phenoxy) is 2. The number of carbonyl (C=O) groups is 1. The Morgan fingerprint density at radius 2 is 1.95 bits per heavy atom. The summed E-state index contributed by atoms with van der Waals surface area (Å²) in [6.45, 7) is 6.02. The van der Waals surface area contributed by atoms with Crippen molar-refractivity contribution in [3.8, 4) is 0 Å². The zero-order valence-electron chi connectivity index (χ0n) is 12.9. The van der Waals surface area contributed by atoms with Gasteiger partial charge in [0.1, 0.15) is 5.54 Å². The normalized spacial score (nSPS) is 38.8. The van der Waals surface area contributed by atoms with E-state index in [1.807, 2.05) is 0 Å². The van der Waals surface area contributed by atoms with Crippen LogP contribution in [0.2, 0.25) is 0 Å². The van der Waals surface area contributed by atoms with E-state index in [4.69, 9.17) is 15.2 Å². The molecule has 2 saturated heterocycles. The number of methoxy groups -OCH3 is 1. The highest BCUT2D eigenvalue weighted by Gasteiger charge is 2.46. The molecule has 3 aliphatic rings. The molecule has 3 fully saturated rings. The molecule has 2 N–H and O–H groups in total. The van der Waals surface area contributed by atoms with E-state index < -0.39 is 5.54 Å². The summed E-state index contributed by atoms with van der Waals surface area (Å²) in [5, 5.41) is 0. The first-order chi connectivity index (χ1) is 10.1. The molecule has 1 aliphatic carbocycles. The SMILES string of the molecule is COC(=O)C1(N)CCC(N2CCC(N3CCOCC3)C2)C1. The van der Waals surface area contributed by atoms with E-state index in [0.717, 1.165) is 58.7 Å². The van der Waals surface area contributed by atoms with Crippen LogP contribution in [-0.2, 0) is 14.3 Å². The first-order valence-corrected chi connectivity index (χ1v) is 8.05. The van der Waals surface area contributed by atoms with Crippen LogP contribution in [0.15, 0.2) is 0 Å². The molecular weight excluding hydrogens is 270 g/mol. The van der Waals surface area contributed by atoms with Crippen molar-refractivity contribution in [3.63, 3.8) is 0 Å². The summed E-state index contributed by atoms with van der Waals surface area (Å²) in [5.74, 6) is -0.256. The molecule has 0 aromatic heterocycles. The lowest BCUT2D eigenvalue weighted by atomic mass is 9.99. The zero-order valence-corrected chi connectivity index (χ0v) is 12.9. The summed E-state index contributed by atoms with van der Waals surface area (Å²) < 4.78 is 10.3. The first-order valence-electron chi connectivity index (χ1n) is 8.05. The van der Waals surface area contributed by atoms with E-state index >= 15 is 0 Å². The van der Waals surface area contributed by atoms with Gasteiger partial charge in [-0.1, -0.05) is 0 Å². The van der Waals surface area contributed by atoms with Crippen LogP contribution in [0, 0.1) is 0 Å². The lowest BCUT2D eigenvalue weighted by Crippen LogP contribution is -2.48. The van der Waals surface area contributed by atoms with Gasteiger partial charge >= 0.3 is 5.97 Å². The highest BCUT2D eigenvalue weighted by Crippen LogP contribution is 2.34. The minimum absolute atomic E-state index is 0.256. The number of esters is 1. The van der Waals surface area contributed by atoms with Gasteiger partial charge in [0.05, 0.1) is 20.3 Å². The van der Waals surface area contributed by atoms with Crippen LogP contribution in [-0.4, -0.2) is 79.9 Å². The van der Waals surface area contributed by atoms with Crippen LogP contribution in [0.4, 0.5) is 0 Å². The molecular formula is C15H27N3O3. The molecule has 3 rings (SSSR count). The highest BCUT2D eigenvalue weighted by molar-refractivity contribution is 5.81. The summed E-state index contributed by atoms with van der Waals surface area (Å²) in [7, 11) is 1.43. The van der Waals surface area contributed by atoms with E-state index in [1.165, 1.54) is 13.5 Å². The molecule has 0 radical (unpaired) electrons. The molecule has 6 heteroatoms. The quantitative estimate of drug-likeness (QED) is 0.729. The van der Waals surface area contributed by atoms with Gasteiger partial charge in [-0.25, -0.2) is 0 Å². The van der Waals surface area contributed by atoms with Gasteiger partial charge in [0.2, 0.25) is 0 Å². The van der Waals surface area contributed by atoms with Gasteiger partial charge in [-0.2, -0.15) is 0 Å². The van der Waals surface area contributed by atoms with Crippen molar-refractivity contribution in [2.24, 2.45) is 5.73 Å². The van der Waals surface area contributed by atoms with Crippen molar-refractivity contribution < 1.29 is 14.3 Å². The summed E-state index contributed by atoms with van der Waals surface area (Å²) in [5.41, 5.74) is 5.45. The van der Waals surface area contributed by atoms with E-state index in [1.54, 1.807) is 0 Å². The molecule has 0 spiro atoms. The van der Waals surface area contributed by atoms with Crippen LogP contribution >= 0.6 is 0 Å². The third kappa shape index (κ3) is 3.08. The minimum atomic E-state index is -0.767. The first kappa shape index (κ1) is 15.2. The second kappa shape index (κ2) is 6.20. The summed E-state index contributed by atoms with van der Waals surface area (Å²) in [4.78, 5) is 16.9. The topological polar surface area (TPSA) is 68.0 Å². The molecule has 2 heterocycles. The third-order valence-corrected chi connectivity index (χ3v) is 5.39. The number of hydrogen-bond donors (Lipinski definition) is 1. The molecule has 0 amide bonds. The van der Waals surface area contributed by atoms with Crippen molar-refractivity contribution in [1.29, 1.82) is 0 Å². The van der Waals surface area contributed by atoms with E-state index in [0.29, 0.717) is 12.1 Å². The number of carbonyl (C=O) groups excluding carboxylic acids is 1. The van der Waals surface area contributed by atoms with Gasteiger partial charge < -0.3 is 15.2 Å². The number of nitrogens with two attached hydrogens (primary N) is 1. The molecule has 21 heavy (non-hydrogen) atoms. The van der Waals surface area contributed by atoms with Crippen molar-refractivity contribution in [3.05, 3.63) is 0 Å². The minimum Gasteiger partial charge on any atom is -0.468 e. The van der Waals surface area contributed by atoms with E-state index in [9.17, 15) is 4.79 Å². The Morgan fingerprint density at radius 3 is 2.67 bits per heavy atom. The third-order valence-electron chi connectivity index (χ3n) is 5.39. The van der Waals surface area contributed by atoms with Gasteiger partial charge in [0.15, 0.2) is 0 Å². The number of morpholine rings is 1. The Hall–Kier alpha value is -0.690. The Labute approximate surface area is 126 Å². The van der Waals surface area contributed by atoms with Crippen LogP contribution in [0.3, 0.4) is 0 Å². The maximum atomic E-state index is 11.8. The van der Waals surface area contributed by atoms with Gasteiger partial charge in [-0.05, 0) is 25.7 Å². The summed E-state index contributed by atoms with van der Waals surface area (Å²) in [6, 6.07) is 1.07. The zero-order chi connectivity index (χ0) is 14.9. The maximum Gasteiger partial charge on any atom is 0.325 e. The van der Waals surface area contributed by atoms with Crippen LogP contribution in [0.25, 0.3) is 0 Å². The van der Waals surface area contributed by atoms with Crippen LogP contribution in [0.5, 0.6) is 0 Å². The van der Waals surface area contributed by atoms with E-state index in [2.05, 4.69) is 9.80 Å². The number of hydrogen-bond acceptors (Lipinski definition) is 6. The average Bonchev–Trinajstić information content (AvgIpc) is 3.15. The Balaban J connectivity index is 1.54. The van der Waals surface area contributed by atoms with Crippen LogP contribution < -0.4 is 5.73 Å². The summed E-state index contributed by atoms with van der Waals surface area (Å²) >= 11 is 0. The predicted octanol–water partition coefficient (Wildman–Crippen LogP) is -0.184. The summed E-state index contributed by atoms with van der Waals surface area (Å²) in [6.07, 6.45) is 3.69. The predicted molar refractivity (Wildman–Crippen MR) is 78.9 cm³/mol. The van der Waals surface area contributed by atoms with Gasteiger partial charge in [0.25, 0.3) is 0 Å². The smallest absolute Gasteiger partial charge is 0.325 e. The molecule has 1 saturated carbocycles. The fourth-order valence-corrected chi connectivity index (χ4v) is 4.09. The number of rotatable bonds is 3. The molecule has 2 aliphatic heterocycles. The molecule has 6 nitrogen and oxygen atoms in total. The Kier molecular flexibility index (Phi) is 4.49. The van der Waals surface area contributed by atoms with Gasteiger partial charge in [0, 0.05) is 38.3 Å². The Bertz CT molecular complexity index is 386. The monoisotopic (exact) mass is 297 g/mol. The van der Waals surface area contributed by atoms with Crippen molar-refractivity contribution in [1.82, 2.24) is 9.80 Å². The average molecular weight is 297 g/mol. The standard InChI is InChI=1S/C15H27N3O3/c1-20-14(19)15(16)4-2-12(10-15)18-5-3-13(11-18)17-6-8-21-9-7-17/h12-13H,2-11,16H2,1H3. The fraction of sp³-hybridized carbons (Fsp3) is 0.933. The molecule has 3 unspecified atom stereocenters. The van der Waals surface area contributed by atoms with Crippen molar-refractivity contribution >= 4 is 5.97 Å². The van der Waals surface area contributed by atoms with Gasteiger partial charge in [-0.15, -0.1) is 0 Å². The molecule has 0 aromatic carbocycles. The fourth-order valence-electron chi connectivity index (χ4n) is 4.09. The largest absolute Gasteiger partial charge is 0.468 e. The van der Waals surface area contributed by atoms with Crippen LogP contribution in [0.1, 0.15) is 25.7 Å². The van der Waals surface area contributed by atoms with E-state index in [-0.39, 0.29) is 5.97 Å². The lowest BCUT2D eigenvalue weighted by Gasteiger charge is -2.33. The lowest BCUT2D eigenvalue weighted by molar-refractivity contribution is -0.146. The molecule has 0 aromatic rings. The van der Waals surface area contributed by atoms with Gasteiger partial charge in [-0.3, -0.25) is 14.6 Å². The van der Waals surface area contributed by atoms with Crippen molar-refractivity contribution in [2.45, 2.75) is 43.3 Å². The second-order valence-electron chi connectivity index (χ2n) is 6.63. The highest BCUT2D eigenvalue weighted by atomic mass is 16.5. The maximum absolute atomic E-state index is 11.8. The molecule has 3 atom stereocenters. The van der Waals surface area contributed by atoms with Crippen molar-refractivity contribution in [2.75, 3.05) is 46.5 Å².